The summed E-state index contributed by atoms with van der Waals surface area (Å²) in [6.07, 6.45) is 1.07. The van der Waals surface area contributed by atoms with Gasteiger partial charge in [-0.25, -0.2) is 0 Å². The van der Waals surface area contributed by atoms with Crippen LogP contribution in [0.25, 0.3) is 54.9 Å². The van der Waals surface area contributed by atoms with Gasteiger partial charge in [-0.2, -0.15) is 0 Å². The molecule has 8 rings (SSSR count). The molecule has 0 amide bonds. The highest BCUT2D eigenvalue weighted by Gasteiger charge is 2.36. The number of aromatic hydroxyl groups is 6. The molecule has 10 nitrogen and oxygen atoms in total. The average molecular weight is 785 g/mol. The van der Waals surface area contributed by atoms with E-state index >= 15 is 0 Å². The number of likely N-dealkylation sites (N-methyl/N-ethyl adjacent to an activating group) is 2. The molecule has 58 heavy (non-hydrogen) atoms. The van der Waals surface area contributed by atoms with E-state index in [9.17, 15) is 30.6 Å². The van der Waals surface area contributed by atoms with E-state index in [1.54, 1.807) is 12.1 Å². The monoisotopic (exact) mass is 784 g/mol. The third kappa shape index (κ3) is 5.67. The molecule has 4 atom stereocenters. The lowest BCUT2D eigenvalue weighted by Gasteiger charge is -2.39. The summed E-state index contributed by atoms with van der Waals surface area (Å²) in [7, 11) is 7.11. The predicted molar refractivity (Wildman–Crippen MR) is 229 cm³/mol. The maximum absolute atomic E-state index is 12.5. The highest BCUT2D eigenvalue weighted by atomic mass is 16.5. The number of ether oxygens (including phenoxy) is 2. The molecule has 2 heterocycles. The maximum Gasteiger partial charge on any atom is 0.135 e. The second-order valence-corrected chi connectivity index (χ2v) is 16.6. The van der Waals surface area contributed by atoms with E-state index in [-0.39, 0.29) is 69.8 Å². The van der Waals surface area contributed by atoms with Crippen LogP contribution in [-0.2, 0) is 12.8 Å². The predicted octanol–water partition coefficient (Wildman–Crippen LogP) is 9.74. The number of fused-ring (bicyclic) bond motifs is 4. The van der Waals surface area contributed by atoms with Gasteiger partial charge in [0, 0.05) is 69.7 Å². The van der Waals surface area contributed by atoms with Gasteiger partial charge >= 0.3 is 0 Å². The summed E-state index contributed by atoms with van der Waals surface area (Å²) in [6.45, 7) is 12.1. The Bertz CT molecular complexity index is 2520. The van der Waals surface area contributed by atoms with E-state index in [2.05, 4.69) is 23.6 Å². The van der Waals surface area contributed by atoms with Crippen molar-refractivity contribution in [1.82, 2.24) is 9.80 Å². The molecule has 0 saturated carbocycles. The van der Waals surface area contributed by atoms with Crippen molar-refractivity contribution < 1.29 is 40.1 Å². The lowest BCUT2D eigenvalue weighted by Crippen LogP contribution is -2.38. The van der Waals surface area contributed by atoms with Crippen LogP contribution < -0.4 is 9.47 Å². The molecule has 2 aliphatic rings. The summed E-state index contributed by atoms with van der Waals surface area (Å²) in [5, 5.41) is 73.3. The molecular weight excluding hydrogens is 733 g/mol. The van der Waals surface area contributed by atoms with E-state index in [1.165, 1.54) is 26.4 Å². The first-order valence-electron chi connectivity index (χ1n) is 19.8. The van der Waals surface area contributed by atoms with Gasteiger partial charge in [0.1, 0.15) is 46.0 Å². The topological polar surface area (TPSA) is 146 Å². The molecule has 0 bridgehead atoms. The standard InChI is InChI=1S/C48H52N2O8/c1-21-11-27-29(43-33-15-23(3)49(7)25(5)41(33)35(51)19-37(43)53)17-31(47(55)45(27)39(13-21)57-9)32-18-30(28-12-22(2)14-40(58-10)46(28)48(32)56)44-34-16-24(4)50(8)26(6)42(34)36(52)20-38(44)54/h11-14,17-20,23-26,51-56H,15-16H2,1-10H3/t23-,24-,25-,26-/m0/s1. The number of methoxy groups -OCH3 is 2. The van der Waals surface area contributed by atoms with Gasteiger partial charge in [0.05, 0.1) is 25.0 Å². The number of hydrogen-bond acceptors (Lipinski definition) is 10. The van der Waals surface area contributed by atoms with E-state index in [0.29, 0.717) is 79.3 Å². The van der Waals surface area contributed by atoms with Crippen LogP contribution in [0.3, 0.4) is 0 Å². The fourth-order valence-corrected chi connectivity index (χ4v) is 9.87. The Morgan fingerprint density at radius 2 is 0.862 bits per heavy atom. The first-order chi connectivity index (χ1) is 27.5. The van der Waals surface area contributed by atoms with Crippen molar-refractivity contribution in [2.24, 2.45) is 0 Å². The Morgan fingerprint density at radius 3 is 1.21 bits per heavy atom. The van der Waals surface area contributed by atoms with E-state index in [0.717, 1.165) is 22.3 Å². The number of nitrogens with zero attached hydrogens (tertiary/aromatic N) is 2. The summed E-state index contributed by atoms with van der Waals surface area (Å²) in [6, 6.07) is 13.7. The van der Waals surface area contributed by atoms with Gasteiger partial charge in [0.2, 0.25) is 0 Å². The Kier molecular flexibility index (Phi) is 9.36. The summed E-state index contributed by atoms with van der Waals surface area (Å²) < 4.78 is 11.9. The lowest BCUT2D eigenvalue weighted by molar-refractivity contribution is 0.176. The van der Waals surface area contributed by atoms with Gasteiger partial charge in [0.25, 0.3) is 0 Å². The normalized spacial score (nSPS) is 19.7. The van der Waals surface area contributed by atoms with Gasteiger partial charge < -0.3 is 40.1 Å². The van der Waals surface area contributed by atoms with Crippen molar-refractivity contribution in [2.75, 3.05) is 28.3 Å². The number of aryl methyl sites for hydroxylation is 2. The molecule has 10 heteroatoms. The van der Waals surface area contributed by atoms with Crippen molar-refractivity contribution >= 4 is 21.5 Å². The zero-order chi connectivity index (χ0) is 41.8. The molecule has 0 unspecified atom stereocenters. The molecular formula is C48H52N2O8. The summed E-state index contributed by atoms with van der Waals surface area (Å²) in [4.78, 5) is 4.38. The zero-order valence-corrected chi connectivity index (χ0v) is 34.7. The number of benzene rings is 6. The molecule has 0 aromatic heterocycles. The third-order valence-electron chi connectivity index (χ3n) is 13.2. The van der Waals surface area contributed by atoms with E-state index in [4.69, 9.17) is 9.47 Å². The number of phenols is 6. The molecule has 0 saturated heterocycles. The number of phenolic OH excluding ortho intramolecular Hbond substituents is 6. The second kappa shape index (κ2) is 13.9. The Balaban J connectivity index is 1.55. The van der Waals surface area contributed by atoms with Crippen LogP contribution in [-0.4, -0.2) is 80.8 Å². The van der Waals surface area contributed by atoms with Crippen molar-refractivity contribution in [2.45, 2.75) is 78.6 Å². The smallest absolute Gasteiger partial charge is 0.135 e. The molecule has 6 aromatic rings. The highest BCUT2D eigenvalue weighted by molar-refractivity contribution is 6.13. The molecule has 6 N–H and O–H groups in total. The highest BCUT2D eigenvalue weighted by Crippen LogP contribution is 2.56. The van der Waals surface area contributed by atoms with E-state index in [1.807, 2.05) is 66.1 Å². The first kappa shape index (κ1) is 39.0. The Hall–Kier alpha value is -5.84. The lowest BCUT2D eigenvalue weighted by atomic mass is 9.80. The van der Waals surface area contributed by atoms with Crippen molar-refractivity contribution in [3.63, 3.8) is 0 Å². The Morgan fingerprint density at radius 1 is 0.500 bits per heavy atom. The van der Waals surface area contributed by atoms with Crippen LogP contribution in [0, 0.1) is 13.8 Å². The van der Waals surface area contributed by atoms with Crippen LogP contribution in [0.5, 0.6) is 46.0 Å². The molecule has 2 aliphatic heterocycles. The summed E-state index contributed by atoms with van der Waals surface area (Å²) in [5.74, 6) is 0.260. The first-order valence-corrected chi connectivity index (χ1v) is 19.8. The van der Waals surface area contributed by atoms with E-state index < -0.39 is 0 Å². The van der Waals surface area contributed by atoms with Crippen molar-refractivity contribution in [3.8, 4) is 79.4 Å². The van der Waals surface area contributed by atoms with Gasteiger partial charge in [-0.05, 0) is 137 Å². The van der Waals surface area contributed by atoms with Gasteiger partial charge in [-0.1, -0.05) is 12.1 Å². The fourth-order valence-electron chi connectivity index (χ4n) is 9.87. The number of hydrogen-bond donors (Lipinski definition) is 6. The van der Waals surface area contributed by atoms with Gasteiger partial charge in [-0.3, -0.25) is 9.80 Å². The zero-order valence-electron chi connectivity index (χ0n) is 34.7. The number of rotatable bonds is 5. The second-order valence-electron chi connectivity index (χ2n) is 16.6. The molecule has 6 aromatic carbocycles. The molecule has 0 fully saturated rings. The quantitative estimate of drug-likeness (QED) is 0.0999. The van der Waals surface area contributed by atoms with Crippen LogP contribution in [0.1, 0.15) is 73.2 Å². The molecule has 0 aliphatic carbocycles. The minimum absolute atomic E-state index is 0.00522. The maximum atomic E-state index is 12.5. The minimum Gasteiger partial charge on any atom is -0.507 e. The molecule has 0 radical (unpaired) electrons. The van der Waals surface area contributed by atoms with Crippen LogP contribution >= 0.6 is 0 Å². The minimum atomic E-state index is -0.158. The van der Waals surface area contributed by atoms with Crippen molar-refractivity contribution in [1.29, 1.82) is 0 Å². The van der Waals surface area contributed by atoms with Gasteiger partial charge in [0.15, 0.2) is 0 Å². The summed E-state index contributed by atoms with van der Waals surface area (Å²) in [5.41, 5.74) is 7.44. The SMILES string of the molecule is COc1cc(C)cc2c(-c3c(O)cc(O)c4c3C[C@H](C)N(C)[C@H]4C)cc(-c3cc(-c4c(O)cc(O)c5c4C[C@H](C)N(C)[C@H]5C)c4cc(C)cc(OC)c4c3O)c(O)c12. The van der Waals surface area contributed by atoms with Crippen LogP contribution in [0.4, 0.5) is 0 Å². The fraction of sp³-hybridized carbons (Fsp3) is 0.333. The van der Waals surface area contributed by atoms with Crippen LogP contribution in [0.2, 0.25) is 0 Å². The average Bonchev–Trinajstić information content (AvgIpc) is 3.16. The largest absolute Gasteiger partial charge is 0.507 e. The molecule has 0 spiro atoms. The van der Waals surface area contributed by atoms with Gasteiger partial charge in [-0.15, -0.1) is 0 Å². The summed E-state index contributed by atoms with van der Waals surface area (Å²) >= 11 is 0. The Labute approximate surface area is 338 Å². The van der Waals surface area contributed by atoms with Crippen molar-refractivity contribution in [3.05, 3.63) is 81.9 Å². The molecule has 302 valence electrons. The third-order valence-corrected chi connectivity index (χ3v) is 13.2. The van der Waals surface area contributed by atoms with Crippen LogP contribution in [0.15, 0.2) is 48.5 Å².